The van der Waals surface area contributed by atoms with Gasteiger partial charge in [0, 0.05) is 17.0 Å². The lowest BCUT2D eigenvalue weighted by atomic mass is 9.76. The molecule has 4 rings (SSSR count). The van der Waals surface area contributed by atoms with Crippen LogP contribution in [0.2, 0.25) is 10.0 Å². The van der Waals surface area contributed by atoms with E-state index in [1.54, 1.807) is 0 Å². The summed E-state index contributed by atoms with van der Waals surface area (Å²) in [6, 6.07) is 8.63. The molecule has 0 unspecified atom stereocenters. The molecule has 128 valence electrons. The zero-order chi connectivity index (χ0) is 17.7. The number of rotatable bonds is 2. The lowest BCUT2D eigenvalue weighted by molar-refractivity contribution is -0.385. The molecule has 0 aromatic heterocycles. The van der Waals surface area contributed by atoms with Gasteiger partial charge in [-0.05, 0) is 30.0 Å². The first kappa shape index (κ1) is 16.2. The quantitative estimate of drug-likeness (QED) is 0.317. The van der Waals surface area contributed by atoms with Crippen molar-refractivity contribution in [2.75, 3.05) is 5.32 Å². The molecular formula is C18H14Cl2N2O3. The summed E-state index contributed by atoms with van der Waals surface area (Å²) in [4.78, 5) is 11.1. The molecule has 2 aromatic carbocycles. The second kappa shape index (κ2) is 5.93. The molecule has 1 aliphatic carbocycles. The maximum atomic E-state index is 11.6. The van der Waals surface area contributed by atoms with Crippen LogP contribution >= 0.6 is 23.2 Å². The lowest BCUT2D eigenvalue weighted by Crippen LogP contribution is -2.29. The second-order valence-corrected chi connectivity index (χ2v) is 7.14. The van der Waals surface area contributed by atoms with Crippen molar-refractivity contribution in [1.29, 1.82) is 0 Å². The molecule has 0 saturated heterocycles. The fourth-order valence-corrected chi connectivity index (χ4v) is 4.30. The van der Waals surface area contributed by atoms with E-state index in [2.05, 4.69) is 5.32 Å². The number of fused-ring (bicyclic) bond motifs is 3. The van der Waals surface area contributed by atoms with Gasteiger partial charge in [-0.15, -0.1) is 0 Å². The van der Waals surface area contributed by atoms with E-state index in [1.807, 2.05) is 36.4 Å². The summed E-state index contributed by atoms with van der Waals surface area (Å²) in [6.45, 7) is 0. The van der Waals surface area contributed by atoms with Crippen molar-refractivity contribution in [1.82, 2.24) is 0 Å². The molecule has 2 aliphatic rings. The number of halogens is 2. The maximum Gasteiger partial charge on any atom is 0.293 e. The third kappa shape index (κ3) is 2.55. The number of allylic oxidation sites excluding steroid dienone is 2. The molecular weight excluding hydrogens is 363 g/mol. The Kier molecular flexibility index (Phi) is 3.85. The van der Waals surface area contributed by atoms with E-state index in [0.717, 1.165) is 12.0 Å². The van der Waals surface area contributed by atoms with Gasteiger partial charge in [0.2, 0.25) is 0 Å². The van der Waals surface area contributed by atoms with Crippen molar-refractivity contribution in [2.24, 2.45) is 5.92 Å². The summed E-state index contributed by atoms with van der Waals surface area (Å²) in [5.74, 6) is -0.157. The molecule has 0 radical (unpaired) electrons. The smallest absolute Gasteiger partial charge is 0.293 e. The Morgan fingerprint density at radius 3 is 2.64 bits per heavy atom. The average molecular weight is 377 g/mol. The third-order valence-electron chi connectivity index (χ3n) is 4.96. The zero-order valence-electron chi connectivity index (χ0n) is 12.9. The summed E-state index contributed by atoms with van der Waals surface area (Å²) < 4.78 is 0. The van der Waals surface area contributed by atoms with Crippen LogP contribution < -0.4 is 5.32 Å². The SMILES string of the molecule is O=[N+]([O-])c1c(Cl)cc(O)c2c1[C@@H]1C=CC[C@@H]1[C@H](c1ccc(Cl)cc1)N2. The Labute approximate surface area is 154 Å². The highest BCUT2D eigenvalue weighted by molar-refractivity contribution is 6.33. The number of anilines is 1. The summed E-state index contributed by atoms with van der Waals surface area (Å²) in [6.07, 6.45) is 4.78. The van der Waals surface area contributed by atoms with Gasteiger partial charge in [-0.25, -0.2) is 0 Å². The number of nitro groups is 1. The van der Waals surface area contributed by atoms with Gasteiger partial charge in [0.1, 0.15) is 10.8 Å². The fourth-order valence-electron chi connectivity index (χ4n) is 3.90. The van der Waals surface area contributed by atoms with Gasteiger partial charge < -0.3 is 10.4 Å². The number of hydrogen-bond donors (Lipinski definition) is 2. The predicted octanol–water partition coefficient (Wildman–Crippen LogP) is 5.43. The highest BCUT2D eigenvalue weighted by atomic mass is 35.5. The highest BCUT2D eigenvalue weighted by Gasteiger charge is 2.43. The topological polar surface area (TPSA) is 75.4 Å². The van der Waals surface area contributed by atoms with Gasteiger partial charge in [0.25, 0.3) is 5.69 Å². The van der Waals surface area contributed by atoms with Crippen molar-refractivity contribution >= 4 is 34.6 Å². The minimum Gasteiger partial charge on any atom is -0.506 e. The van der Waals surface area contributed by atoms with Gasteiger partial charge in [-0.1, -0.05) is 47.5 Å². The van der Waals surface area contributed by atoms with Gasteiger partial charge >= 0.3 is 0 Å². The van der Waals surface area contributed by atoms with Gasteiger partial charge in [0.15, 0.2) is 0 Å². The molecule has 0 fully saturated rings. The first-order chi connectivity index (χ1) is 12.0. The third-order valence-corrected chi connectivity index (χ3v) is 5.50. The highest BCUT2D eigenvalue weighted by Crippen LogP contribution is 2.56. The average Bonchev–Trinajstić information content (AvgIpc) is 3.04. The van der Waals surface area contributed by atoms with E-state index in [4.69, 9.17) is 23.2 Å². The standard InChI is InChI=1S/C18H14Cl2N2O3/c19-10-6-4-9(5-7-10)16-12-3-1-2-11(12)15-17(21-16)14(23)8-13(20)18(15)22(24)25/h1-2,4-8,11-12,16,21,23H,3H2/t11-,12+,16+/m1/s1. The number of nitrogens with one attached hydrogen (secondary N) is 1. The van der Waals surface area contributed by atoms with Crippen LogP contribution in [-0.4, -0.2) is 10.0 Å². The number of nitro benzene ring substituents is 1. The molecule has 1 heterocycles. The number of benzene rings is 2. The Hall–Kier alpha value is -2.24. The summed E-state index contributed by atoms with van der Waals surface area (Å²) >= 11 is 12.0. The number of phenols is 1. The number of hydrogen-bond acceptors (Lipinski definition) is 4. The van der Waals surface area contributed by atoms with E-state index in [9.17, 15) is 15.2 Å². The van der Waals surface area contributed by atoms with Crippen molar-refractivity contribution < 1.29 is 10.0 Å². The molecule has 5 nitrogen and oxygen atoms in total. The normalized spacial score (nSPS) is 23.7. The van der Waals surface area contributed by atoms with Crippen LogP contribution in [0.5, 0.6) is 5.75 Å². The predicted molar refractivity (Wildman–Crippen MR) is 97.6 cm³/mol. The Morgan fingerprint density at radius 2 is 1.96 bits per heavy atom. The number of phenolic OH excluding ortho intramolecular Hbond substituents is 1. The van der Waals surface area contributed by atoms with Gasteiger partial charge in [0.05, 0.1) is 22.2 Å². The monoisotopic (exact) mass is 376 g/mol. The molecule has 0 spiro atoms. The van der Waals surface area contributed by atoms with Crippen LogP contribution in [0.15, 0.2) is 42.5 Å². The molecule has 1 aliphatic heterocycles. The summed E-state index contributed by atoms with van der Waals surface area (Å²) in [5, 5.41) is 25.8. The van der Waals surface area contributed by atoms with Crippen LogP contribution in [0.1, 0.15) is 29.5 Å². The van der Waals surface area contributed by atoms with Crippen molar-refractivity contribution in [3.05, 3.63) is 73.8 Å². The van der Waals surface area contributed by atoms with E-state index < -0.39 is 4.92 Å². The summed E-state index contributed by atoms with van der Waals surface area (Å²) in [7, 11) is 0. The van der Waals surface area contributed by atoms with E-state index in [1.165, 1.54) is 6.07 Å². The molecule has 0 amide bonds. The minimum absolute atomic E-state index is 0.0490. The van der Waals surface area contributed by atoms with E-state index >= 15 is 0 Å². The molecule has 3 atom stereocenters. The minimum atomic E-state index is -0.478. The van der Waals surface area contributed by atoms with Gasteiger partial charge in [-0.3, -0.25) is 10.1 Å². The van der Waals surface area contributed by atoms with Crippen molar-refractivity contribution in [3.8, 4) is 5.75 Å². The molecule has 2 N–H and O–H groups in total. The Bertz CT molecular complexity index is 896. The van der Waals surface area contributed by atoms with Crippen molar-refractivity contribution in [2.45, 2.75) is 18.4 Å². The van der Waals surface area contributed by atoms with Crippen LogP contribution in [-0.2, 0) is 0 Å². The maximum absolute atomic E-state index is 11.6. The molecule has 2 aromatic rings. The van der Waals surface area contributed by atoms with Crippen LogP contribution in [0, 0.1) is 16.0 Å². The summed E-state index contributed by atoms with van der Waals surface area (Å²) in [5.41, 5.74) is 1.71. The van der Waals surface area contributed by atoms with E-state index in [-0.39, 0.29) is 34.3 Å². The van der Waals surface area contributed by atoms with Crippen LogP contribution in [0.3, 0.4) is 0 Å². The second-order valence-electron chi connectivity index (χ2n) is 6.30. The number of nitrogens with zero attached hydrogens (tertiary/aromatic N) is 1. The largest absolute Gasteiger partial charge is 0.506 e. The molecule has 0 bridgehead atoms. The number of aromatic hydroxyl groups is 1. The van der Waals surface area contributed by atoms with Crippen molar-refractivity contribution in [3.63, 3.8) is 0 Å². The molecule has 25 heavy (non-hydrogen) atoms. The first-order valence-corrected chi connectivity index (χ1v) is 8.61. The Morgan fingerprint density at radius 1 is 1.24 bits per heavy atom. The van der Waals surface area contributed by atoms with Crippen LogP contribution in [0.25, 0.3) is 0 Å². The Balaban J connectivity index is 1.89. The van der Waals surface area contributed by atoms with E-state index in [0.29, 0.717) is 16.3 Å². The zero-order valence-corrected chi connectivity index (χ0v) is 14.5. The van der Waals surface area contributed by atoms with Crippen LogP contribution in [0.4, 0.5) is 11.4 Å². The molecule has 7 heteroatoms. The first-order valence-electron chi connectivity index (χ1n) is 7.85. The molecule has 0 saturated carbocycles. The van der Waals surface area contributed by atoms with Gasteiger partial charge in [-0.2, -0.15) is 0 Å². The fraction of sp³-hybridized carbons (Fsp3) is 0.222. The lowest BCUT2D eigenvalue weighted by Gasteiger charge is -2.37.